The molecule has 0 aromatic heterocycles. The third-order valence-electron chi connectivity index (χ3n) is 2.65. The monoisotopic (exact) mass is 247 g/mol. The summed E-state index contributed by atoms with van der Waals surface area (Å²) in [5.41, 5.74) is 0. The van der Waals surface area contributed by atoms with Gasteiger partial charge >= 0.3 is 16.4 Å². The van der Waals surface area contributed by atoms with E-state index < -0.39 is 28.5 Å². The molecule has 0 unspecified atom stereocenters. The molecule has 2 aliphatic heterocycles. The molecule has 2 fully saturated rings. The molecule has 2 amide bonds. The Balaban J connectivity index is 2.20. The smallest absolute Gasteiger partial charge is 0.305 e. The lowest BCUT2D eigenvalue weighted by atomic mass is 10.0. The molecule has 2 bridgehead atoms. The molecule has 1 N–H and O–H groups in total. The van der Waals surface area contributed by atoms with Crippen molar-refractivity contribution in [3.05, 3.63) is 0 Å². The zero-order valence-corrected chi connectivity index (χ0v) is 8.92. The summed E-state index contributed by atoms with van der Waals surface area (Å²) in [6.07, 6.45) is 0.939. The Kier molecular flexibility index (Phi) is 2.49. The second kappa shape index (κ2) is 3.58. The van der Waals surface area contributed by atoms with E-state index in [2.05, 4.69) is 4.28 Å². The van der Waals surface area contributed by atoms with Gasteiger partial charge in [0.05, 0.1) is 12.1 Å². The summed E-state index contributed by atoms with van der Waals surface area (Å²) >= 11 is 0. The molecule has 2 atom stereocenters. The van der Waals surface area contributed by atoms with Crippen molar-refractivity contribution in [1.29, 1.82) is 5.26 Å². The van der Waals surface area contributed by atoms with Gasteiger partial charge in [-0.05, 0) is 12.8 Å². The first-order valence-corrected chi connectivity index (χ1v) is 5.95. The van der Waals surface area contributed by atoms with E-state index in [1.54, 1.807) is 0 Å². The van der Waals surface area contributed by atoms with Gasteiger partial charge in [-0.3, -0.25) is 4.55 Å². The van der Waals surface area contributed by atoms with Crippen LogP contribution in [0.2, 0.25) is 0 Å². The number of nitriles is 1. The van der Waals surface area contributed by atoms with Gasteiger partial charge in [-0.15, -0.1) is 4.28 Å². The molecule has 0 aliphatic carbocycles. The number of urea groups is 1. The van der Waals surface area contributed by atoms with Crippen molar-refractivity contribution in [2.75, 3.05) is 6.54 Å². The average molecular weight is 247 g/mol. The third kappa shape index (κ3) is 1.82. The molecule has 2 saturated heterocycles. The largest absolute Gasteiger partial charge is 0.418 e. The Morgan fingerprint density at radius 3 is 2.75 bits per heavy atom. The molecule has 0 aromatic rings. The lowest BCUT2D eigenvalue weighted by Gasteiger charge is -2.24. The van der Waals surface area contributed by atoms with Crippen molar-refractivity contribution in [2.45, 2.75) is 24.9 Å². The molecular formula is C7H9N3O5S. The lowest BCUT2D eigenvalue weighted by molar-refractivity contribution is -0.0316. The summed E-state index contributed by atoms with van der Waals surface area (Å²) in [7, 11) is -4.71. The van der Waals surface area contributed by atoms with Crippen LogP contribution in [0.4, 0.5) is 4.79 Å². The Bertz CT molecular complexity index is 455. The number of hydrogen-bond acceptors (Lipinski definition) is 5. The van der Waals surface area contributed by atoms with Crippen LogP contribution in [-0.4, -0.2) is 47.6 Å². The normalized spacial score (nSPS) is 29.4. The second-order valence-electron chi connectivity index (χ2n) is 3.64. The highest BCUT2D eigenvalue weighted by Crippen LogP contribution is 2.30. The molecule has 9 heteroatoms. The summed E-state index contributed by atoms with van der Waals surface area (Å²) in [4.78, 5) is 12.9. The minimum absolute atomic E-state index is 0.243. The first kappa shape index (κ1) is 11.1. The van der Waals surface area contributed by atoms with E-state index in [0.717, 1.165) is 0 Å². The van der Waals surface area contributed by atoms with Gasteiger partial charge in [0.2, 0.25) is 0 Å². The molecule has 0 aromatic carbocycles. The van der Waals surface area contributed by atoms with Gasteiger partial charge in [0, 0.05) is 6.54 Å². The third-order valence-corrected chi connectivity index (χ3v) is 3.00. The highest BCUT2D eigenvalue weighted by Gasteiger charge is 2.47. The van der Waals surface area contributed by atoms with Crippen LogP contribution in [-0.2, 0) is 14.7 Å². The molecule has 2 heterocycles. The van der Waals surface area contributed by atoms with Crippen LogP contribution in [0.1, 0.15) is 12.8 Å². The van der Waals surface area contributed by atoms with Crippen molar-refractivity contribution in [2.24, 2.45) is 0 Å². The quantitative estimate of drug-likeness (QED) is 0.659. The number of hydroxylamine groups is 2. The van der Waals surface area contributed by atoms with Crippen LogP contribution < -0.4 is 0 Å². The summed E-state index contributed by atoms with van der Waals surface area (Å²) in [6.45, 7) is 0.243. The number of piperidine rings is 1. The van der Waals surface area contributed by atoms with E-state index >= 15 is 0 Å². The number of amides is 2. The van der Waals surface area contributed by atoms with Crippen molar-refractivity contribution < 1.29 is 22.0 Å². The van der Waals surface area contributed by atoms with Crippen molar-refractivity contribution in [1.82, 2.24) is 9.96 Å². The summed E-state index contributed by atoms with van der Waals surface area (Å²) in [5.74, 6) is 0. The van der Waals surface area contributed by atoms with E-state index in [-0.39, 0.29) is 6.54 Å². The summed E-state index contributed by atoms with van der Waals surface area (Å²) in [5, 5.41) is 9.39. The van der Waals surface area contributed by atoms with Gasteiger partial charge in [-0.25, -0.2) is 4.79 Å². The van der Waals surface area contributed by atoms with Crippen molar-refractivity contribution >= 4 is 16.4 Å². The molecule has 0 saturated carbocycles. The SMILES string of the molecule is N#C[C@H]1CC[C@H]2CN1C(=O)N2OS(=O)(=O)O. The van der Waals surface area contributed by atoms with Crippen LogP contribution in [0.3, 0.4) is 0 Å². The number of fused-ring (bicyclic) bond motifs is 2. The molecule has 8 nitrogen and oxygen atoms in total. The van der Waals surface area contributed by atoms with E-state index in [9.17, 15) is 13.2 Å². The predicted octanol–water partition coefficient (Wildman–Crippen LogP) is -0.487. The molecular weight excluding hydrogens is 238 g/mol. The Hall–Kier alpha value is -1.37. The molecule has 0 spiro atoms. The number of rotatable bonds is 2. The zero-order valence-electron chi connectivity index (χ0n) is 8.11. The van der Waals surface area contributed by atoms with Crippen LogP contribution in [0, 0.1) is 11.3 Å². The van der Waals surface area contributed by atoms with Gasteiger partial charge in [0.1, 0.15) is 6.04 Å². The molecule has 2 aliphatic rings. The Morgan fingerprint density at radius 1 is 1.50 bits per heavy atom. The highest BCUT2D eigenvalue weighted by molar-refractivity contribution is 7.80. The summed E-state index contributed by atoms with van der Waals surface area (Å²) < 4.78 is 33.7. The number of hydrogen-bond donors (Lipinski definition) is 1. The Morgan fingerprint density at radius 2 is 2.19 bits per heavy atom. The molecule has 0 radical (unpaired) electrons. The highest BCUT2D eigenvalue weighted by atomic mass is 32.3. The van der Waals surface area contributed by atoms with Gasteiger partial charge in [0.25, 0.3) is 0 Å². The fourth-order valence-corrected chi connectivity index (χ4v) is 2.35. The minimum Gasteiger partial charge on any atom is -0.305 e. The van der Waals surface area contributed by atoms with Gasteiger partial charge in [-0.2, -0.15) is 18.7 Å². The van der Waals surface area contributed by atoms with Crippen LogP contribution in [0.5, 0.6) is 0 Å². The van der Waals surface area contributed by atoms with Gasteiger partial charge in [0.15, 0.2) is 0 Å². The van der Waals surface area contributed by atoms with E-state index in [4.69, 9.17) is 9.81 Å². The maximum absolute atomic E-state index is 11.6. The fourth-order valence-electron chi connectivity index (χ4n) is 1.97. The summed E-state index contributed by atoms with van der Waals surface area (Å²) in [6, 6.07) is 0.266. The van der Waals surface area contributed by atoms with Crippen LogP contribution in [0.25, 0.3) is 0 Å². The molecule has 2 rings (SSSR count). The van der Waals surface area contributed by atoms with Gasteiger partial charge in [-0.1, -0.05) is 0 Å². The van der Waals surface area contributed by atoms with Gasteiger partial charge < -0.3 is 4.90 Å². The number of nitrogens with zero attached hydrogens (tertiary/aromatic N) is 3. The average Bonchev–Trinajstić information content (AvgIpc) is 2.43. The zero-order chi connectivity index (χ0) is 11.9. The topological polar surface area (TPSA) is 111 Å². The number of carbonyl (C=O) groups excluding carboxylic acids is 1. The van der Waals surface area contributed by atoms with E-state index in [1.165, 1.54) is 4.90 Å². The first-order valence-electron chi connectivity index (χ1n) is 4.59. The lowest BCUT2D eigenvalue weighted by Crippen LogP contribution is -2.38. The van der Waals surface area contributed by atoms with E-state index in [0.29, 0.717) is 17.9 Å². The molecule has 88 valence electrons. The maximum atomic E-state index is 11.6. The molecule has 16 heavy (non-hydrogen) atoms. The van der Waals surface area contributed by atoms with Crippen molar-refractivity contribution in [3.8, 4) is 6.07 Å². The maximum Gasteiger partial charge on any atom is 0.418 e. The predicted molar refractivity (Wildman–Crippen MR) is 49.0 cm³/mol. The van der Waals surface area contributed by atoms with Crippen LogP contribution in [0.15, 0.2) is 0 Å². The van der Waals surface area contributed by atoms with Crippen molar-refractivity contribution in [3.63, 3.8) is 0 Å². The second-order valence-corrected chi connectivity index (χ2v) is 4.64. The van der Waals surface area contributed by atoms with E-state index in [1.807, 2.05) is 6.07 Å². The minimum atomic E-state index is -4.71. The fraction of sp³-hybridized carbons (Fsp3) is 0.714. The first-order chi connectivity index (χ1) is 7.42. The van der Waals surface area contributed by atoms with Crippen LogP contribution >= 0.6 is 0 Å². The standard InChI is InChI=1S/C7H9N3O5S/c8-3-5-1-2-6-4-9(5)7(11)10(6)15-16(12,13)14/h5-6H,1-2,4H2,(H,12,13,14)/t5-,6+/m1/s1. The Labute approximate surface area is 91.9 Å². The number of carbonyl (C=O) groups is 1.